The van der Waals surface area contributed by atoms with Gasteiger partial charge in [-0.25, -0.2) is 4.68 Å². The van der Waals surface area contributed by atoms with Crippen LogP contribution in [0.1, 0.15) is 10.6 Å². The van der Waals surface area contributed by atoms with E-state index in [-0.39, 0.29) is 6.42 Å². The molecule has 2 rings (SSSR count). The second-order valence-corrected chi connectivity index (χ2v) is 5.56. The highest BCUT2D eigenvalue weighted by molar-refractivity contribution is 7.16. The molecule has 0 aliphatic rings. The van der Waals surface area contributed by atoms with Gasteiger partial charge in [-0.2, -0.15) is 0 Å². The number of aliphatic carboxylic acids is 1. The molecule has 2 heterocycles. The van der Waals surface area contributed by atoms with Crippen molar-refractivity contribution in [3.05, 3.63) is 33.2 Å². The predicted octanol–water partition coefficient (Wildman–Crippen LogP) is 0.996. The van der Waals surface area contributed by atoms with Crippen molar-refractivity contribution < 1.29 is 9.90 Å². The molecule has 2 aromatic heterocycles. The van der Waals surface area contributed by atoms with E-state index in [1.165, 1.54) is 11.3 Å². The smallest absolute Gasteiger partial charge is 0.320 e. The number of rotatable bonds is 5. The van der Waals surface area contributed by atoms with Gasteiger partial charge in [0, 0.05) is 17.5 Å². The van der Waals surface area contributed by atoms with Crippen LogP contribution in [0.2, 0.25) is 4.34 Å². The summed E-state index contributed by atoms with van der Waals surface area (Å²) in [6.45, 7) is 0.562. The maximum Gasteiger partial charge on any atom is 0.320 e. The second kappa shape index (κ2) is 5.47. The third-order valence-corrected chi connectivity index (χ3v) is 3.49. The zero-order valence-electron chi connectivity index (χ0n) is 9.28. The highest BCUT2D eigenvalue weighted by Crippen LogP contribution is 2.21. The Morgan fingerprint density at radius 2 is 2.39 bits per heavy atom. The van der Waals surface area contributed by atoms with E-state index in [0.717, 1.165) is 9.21 Å². The number of hydrogen-bond acceptors (Lipinski definition) is 5. The molecule has 0 saturated heterocycles. The molecule has 2 aromatic rings. The van der Waals surface area contributed by atoms with Gasteiger partial charge in [-0.05, 0) is 12.1 Å². The normalized spacial score (nSPS) is 12.6. The van der Waals surface area contributed by atoms with E-state index in [1.807, 2.05) is 12.1 Å². The Morgan fingerprint density at radius 1 is 1.61 bits per heavy atom. The molecule has 1 atom stereocenters. The molecule has 6 nitrogen and oxygen atoms in total. The minimum Gasteiger partial charge on any atom is -0.480 e. The molecule has 1 unspecified atom stereocenters. The highest BCUT2D eigenvalue weighted by Gasteiger charge is 2.14. The number of nitrogens with zero attached hydrogens (tertiary/aromatic N) is 3. The Kier molecular flexibility index (Phi) is 3.95. The first-order chi connectivity index (χ1) is 8.54. The van der Waals surface area contributed by atoms with E-state index in [1.54, 1.807) is 10.9 Å². The molecule has 0 aliphatic carbocycles. The molecule has 0 amide bonds. The number of hydrogen-bond donors (Lipinski definition) is 2. The first-order valence-electron chi connectivity index (χ1n) is 5.16. The molecular weight excluding hydrogens is 276 g/mol. The third kappa shape index (κ3) is 3.28. The summed E-state index contributed by atoms with van der Waals surface area (Å²) < 4.78 is 2.35. The molecule has 0 saturated carbocycles. The van der Waals surface area contributed by atoms with Crippen molar-refractivity contribution in [1.29, 1.82) is 0 Å². The zero-order valence-corrected chi connectivity index (χ0v) is 10.9. The Balaban J connectivity index is 2.00. The van der Waals surface area contributed by atoms with Gasteiger partial charge in [0.2, 0.25) is 0 Å². The van der Waals surface area contributed by atoms with E-state index >= 15 is 0 Å². The van der Waals surface area contributed by atoms with Crippen molar-refractivity contribution in [3.63, 3.8) is 0 Å². The van der Waals surface area contributed by atoms with E-state index < -0.39 is 12.0 Å². The summed E-state index contributed by atoms with van der Waals surface area (Å²) >= 11 is 7.30. The standard InChI is InChI=1S/C10H11ClN4O2S/c11-9-2-1-7(18-9)5-15-4-6(13-14-15)3-8(12)10(16)17/h1-2,4,8H,3,5,12H2,(H,16,17). The van der Waals surface area contributed by atoms with Gasteiger partial charge in [0.25, 0.3) is 0 Å². The van der Waals surface area contributed by atoms with Gasteiger partial charge in [0.05, 0.1) is 16.6 Å². The van der Waals surface area contributed by atoms with Crippen LogP contribution in [0.3, 0.4) is 0 Å². The number of halogens is 1. The van der Waals surface area contributed by atoms with Crippen molar-refractivity contribution >= 4 is 28.9 Å². The summed E-state index contributed by atoms with van der Waals surface area (Å²) in [5.41, 5.74) is 5.98. The Labute approximate surface area is 112 Å². The number of aromatic nitrogens is 3. The van der Waals surface area contributed by atoms with Gasteiger partial charge in [-0.3, -0.25) is 4.79 Å². The monoisotopic (exact) mass is 286 g/mol. The lowest BCUT2D eigenvalue weighted by Gasteiger charge is -2.01. The van der Waals surface area contributed by atoms with Crippen LogP contribution in [0, 0.1) is 0 Å². The lowest BCUT2D eigenvalue weighted by Crippen LogP contribution is -2.32. The molecule has 0 spiro atoms. The Morgan fingerprint density at radius 3 is 3.00 bits per heavy atom. The first-order valence-corrected chi connectivity index (χ1v) is 6.35. The van der Waals surface area contributed by atoms with E-state index in [9.17, 15) is 4.79 Å². The van der Waals surface area contributed by atoms with Crippen molar-refractivity contribution in [3.8, 4) is 0 Å². The number of nitrogens with two attached hydrogens (primary N) is 1. The quantitative estimate of drug-likeness (QED) is 0.855. The van der Waals surface area contributed by atoms with E-state index in [0.29, 0.717) is 12.2 Å². The van der Waals surface area contributed by atoms with Gasteiger partial charge < -0.3 is 10.8 Å². The van der Waals surface area contributed by atoms with Crippen molar-refractivity contribution in [2.75, 3.05) is 0 Å². The molecule has 3 N–H and O–H groups in total. The van der Waals surface area contributed by atoms with Crippen LogP contribution in [-0.4, -0.2) is 32.1 Å². The van der Waals surface area contributed by atoms with Gasteiger partial charge in [0.15, 0.2) is 0 Å². The summed E-state index contributed by atoms with van der Waals surface area (Å²) in [5.74, 6) is -1.05. The van der Waals surface area contributed by atoms with Gasteiger partial charge in [-0.1, -0.05) is 16.8 Å². The fourth-order valence-electron chi connectivity index (χ4n) is 1.42. The molecule has 0 fully saturated rings. The molecular formula is C10H11ClN4O2S. The minimum absolute atomic E-state index is 0.167. The molecule has 8 heteroatoms. The topological polar surface area (TPSA) is 94.0 Å². The van der Waals surface area contributed by atoms with Gasteiger partial charge in [-0.15, -0.1) is 16.4 Å². The van der Waals surface area contributed by atoms with E-state index in [4.69, 9.17) is 22.4 Å². The SMILES string of the molecule is NC(Cc1cn(Cc2ccc(Cl)s2)nn1)C(=O)O. The summed E-state index contributed by atoms with van der Waals surface area (Å²) in [6, 6.07) is 2.78. The number of carboxylic acid groups (broad SMARTS) is 1. The maximum atomic E-state index is 10.6. The minimum atomic E-state index is -1.05. The average Bonchev–Trinajstić information content (AvgIpc) is 2.89. The fourth-order valence-corrected chi connectivity index (χ4v) is 2.50. The van der Waals surface area contributed by atoms with Crippen molar-refractivity contribution in [2.45, 2.75) is 19.0 Å². The Bertz CT molecular complexity index is 554. The third-order valence-electron chi connectivity index (χ3n) is 2.28. The van der Waals surface area contributed by atoms with Crippen LogP contribution in [-0.2, 0) is 17.8 Å². The Hall–Kier alpha value is -1.44. The summed E-state index contributed by atoms with van der Waals surface area (Å²) in [4.78, 5) is 11.7. The molecule has 0 bridgehead atoms. The number of carboxylic acids is 1. The van der Waals surface area contributed by atoms with Crippen LogP contribution in [0.5, 0.6) is 0 Å². The summed E-state index contributed by atoms with van der Waals surface area (Å²) in [5, 5.41) is 16.5. The zero-order chi connectivity index (χ0) is 13.1. The van der Waals surface area contributed by atoms with Crippen LogP contribution < -0.4 is 5.73 Å². The number of carbonyl (C=O) groups is 1. The van der Waals surface area contributed by atoms with Gasteiger partial charge in [0.1, 0.15) is 6.04 Å². The van der Waals surface area contributed by atoms with Crippen LogP contribution in [0.25, 0.3) is 0 Å². The fraction of sp³-hybridized carbons (Fsp3) is 0.300. The maximum absolute atomic E-state index is 10.6. The number of thiophene rings is 1. The van der Waals surface area contributed by atoms with Crippen LogP contribution in [0.4, 0.5) is 0 Å². The second-order valence-electron chi connectivity index (χ2n) is 3.76. The highest BCUT2D eigenvalue weighted by atomic mass is 35.5. The molecule has 18 heavy (non-hydrogen) atoms. The first kappa shape index (κ1) is 13.0. The molecule has 96 valence electrons. The lowest BCUT2D eigenvalue weighted by molar-refractivity contribution is -0.138. The summed E-state index contributed by atoms with van der Waals surface area (Å²) in [6.07, 6.45) is 1.86. The average molecular weight is 287 g/mol. The van der Waals surface area contributed by atoms with Crippen LogP contribution in [0.15, 0.2) is 18.3 Å². The molecule has 0 aromatic carbocycles. The summed E-state index contributed by atoms with van der Waals surface area (Å²) in [7, 11) is 0. The van der Waals surface area contributed by atoms with Crippen molar-refractivity contribution in [2.24, 2.45) is 5.73 Å². The van der Waals surface area contributed by atoms with Gasteiger partial charge >= 0.3 is 5.97 Å². The lowest BCUT2D eigenvalue weighted by atomic mass is 10.2. The molecule has 0 aliphatic heterocycles. The van der Waals surface area contributed by atoms with E-state index in [2.05, 4.69) is 10.3 Å². The van der Waals surface area contributed by atoms with Crippen molar-refractivity contribution in [1.82, 2.24) is 15.0 Å². The van der Waals surface area contributed by atoms with Crippen LogP contribution >= 0.6 is 22.9 Å². The largest absolute Gasteiger partial charge is 0.480 e. The predicted molar refractivity (Wildman–Crippen MR) is 67.8 cm³/mol. The molecule has 0 radical (unpaired) electrons.